The molecule has 0 spiro atoms. The maximum Gasteiger partial charge on any atom is 0.332 e. The Hall–Kier alpha value is -2.37. The Kier molecular flexibility index (Phi) is 7.25. The monoisotopic (exact) mass is 552 g/mol. The van der Waals surface area contributed by atoms with Gasteiger partial charge in [0, 0.05) is 34.2 Å². The predicted octanol–water partition coefficient (Wildman–Crippen LogP) is 3.25. The number of carbonyl (C=O) groups is 1. The summed E-state index contributed by atoms with van der Waals surface area (Å²) in [7, 11) is 0. The minimum atomic E-state index is -0.479. The molecule has 0 aromatic carbocycles. The van der Waals surface area contributed by atoms with Crippen LogP contribution in [-0.2, 0) is 23.9 Å². The third-order valence-corrected chi connectivity index (χ3v) is 5.40. The normalized spacial score (nSPS) is 19.9. The fourth-order valence-corrected chi connectivity index (χ4v) is 3.40. The minimum Gasteiger partial charge on any atom is -0.460 e. The molecule has 0 fully saturated rings. The number of aromatic nitrogens is 2. The Morgan fingerprint density at radius 3 is 1.97 bits per heavy atom. The first-order valence-corrected chi connectivity index (χ1v) is 11.1. The van der Waals surface area contributed by atoms with Crippen molar-refractivity contribution in [3.8, 4) is 0 Å². The molecule has 0 aliphatic carbocycles. The van der Waals surface area contributed by atoms with Crippen molar-refractivity contribution in [3.63, 3.8) is 0 Å². The molecule has 9 nitrogen and oxygen atoms in total. The number of esters is 1. The molecule has 4 rings (SSSR count). The Morgan fingerprint density at radius 1 is 0.903 bits per heavy atom. The molecule has 2 aromatic rings. The summed E-state index contributed by atoms with van der Waals surface area (Å²) in [6.45, 7) is 0.135. The lowest BCUT2D eigenvalue weighted by Gasteiger charge is -2.11. The van der Waals surface area contributed by atoms with Gasteiger partial charge >= 0.3 is 5.97 Å². The largest absolute Gasteiger partial charge is 0.460 e. The van der Waals surface area contributed by atoms with E-state index in [0.29, 0.717) is 12.8 Å². The van der Waals surface area contributed by atoms with Crippen molar-refractivity contribution >= 4 is 49.3 Å². The highest BCUT2D eigenvalue weighted by atomic mass is 79.9. The highest BCUT2D eigenvalue weighted by molar-refractivity contribution is 9.10. The van der Waals surface area contributed by atoms with Gasteiger partial charge in [-0.1, -0.05) is 10.3 Å². The molecule has 31 heavy (non-hydrogen) atoms. The molecule has 4 heterocycles. The van der Waals surface area contributed by atoms with E-state index in [1.807, 2.05) is 24.3 Å². The summed E-state index contributed by atoms with van der Waals surface area (Å²) in [6.07, 6.45) is 3.87. The molecule has 11 heteroatoms. The van der Waals surface area contributed by atoms with Crippen LogP contribution in [-0.4, -0.2) is 59.4 Å². The molecule has 0 bridgehead atoms. The topological polar surface area (TPSA) is 104 Å². The standard InChI is InChI=1S/C20H18Br2N4O5/c21-12-1-3-16(23-7-12)18-5-14(30-25-18)9-28-11-20(27)29-10-15-6-19(26-31-15)17-4-2-13(22)8-24-17/h1-4,7-8,14-15H,5-6,9-11H2/t14-,15-/m0/s1. The molecule has 0 radical (unpaired) electrons. The lowest BCUT2D eigenvalue weighted by molar-refractivity contribution is -0.153. The maximum absolute atomic E-state index is 11.9. The number of ether oxygens (including phenoxy) is 2. The first-order chi connectivity index (χ1) is 15.1. The van der Waals surface area contributed by atoms with Crippen LogP contribution in [0.15, 0.2) is 55.9 Å². The van der Waals surface area contributed by atoms with Gasteiger partial charge in [0.05, 0.1) is 18.0 Å². The number of halogens is 2. The number of pyridine rings is 2. The second-order valence-corrected chi connectivity index (χ2v) is 8.69. The quantitative estimate of drug-likeness (QED) is 0.462. The Labute approximate surface area is 195 Å². The first-order valence-electron chi connectivity index (χ1n) is 9.49. The van der Waals surface area contributed by atoms with Gasteiger partial charge in [-0.3, -0.25) is 9.97 Å². The molecular weight excluding hydrogens is 536 g/mol. The molecule has 2 aromatic heterocycles. The maximum atomic E-state index is 11.9. The van der Waals surface area contributed by atoms with E-state index in [1.165, 1.54) is 0 Å². The second kappa shape index (κ2) is 10.3. The van der Waals surface area contributed by atoms with Crippen LogP contribution in [0.4, 0.5) is 0 Å². The van der Waals surface area contributed by atoms with Crippen molar-refractivity contribution in [2.24, 2.45) is 10.3 Å². The Balaban J connectivity index is 1.11. The van der Waals surface area contributed by atoms with E-state index in [2.05, 4.69) is 52.1 Å². The fraction of sp³-hybridized carbons (Fsp3) is 0.350. The van der Waals surface area contributed by atoms with E-state index in [1.54, 1.807) is 12.4 Å². The summed E-state index contributed by atoms with van der Waals surface area (Å²) in [5.74, 6) is -0.479. The van der Waals surface area contributed by atoms with Crippen LogP contribution in [0, 0.1) is 0 Å². The minimum absolute atomic E-state index is 0.0914. The van der Waals surface area contributed by atoms with Crippen molar-refractivity contribution in [1.29, 1.82) is 0 Å². The van der Waals surface area contributed by atoms with Gasteiger partial charge in [-0.25, -0.2) is 4.79 Å². The van der Waals surface area contributed by atoms with Gasteiger partial charge in [0.25, 0.3) is 0 Å². The fourth-order valence-electron chi connectivity index (χ4n) is 2.93. The van der Waals surface area contributed by atoms with Crippen LogP contribution in [0.25, 0.3) is 0 Å². The van der Waals surface area contributed by atoms with Crippen LogP contribution in [0.3, 0.4) is 0 Å². The van der Waals surface area contributed by atoms with E-state index in [9.17, 15) is 4.79 Å². The van der Waals surface area contributed by atoms with Crippen LogP contribution in [0.2, 0.25) is 0 Å². The number of nitrogens with zero attached hydrogens (tertiary/aromatic N) is 4. The first kappa shape index (κ1) is 21.8. The van der Waals surface area contributed by atoms with Crippen LogP contribution in [0.1, 0.15) is 24.2 Å². The molecule has 0 amide bonds. The molecule has 0 saturated carbocycles. The number of hydrogen-bond acceptors (Lipinski definition) is 9. The van der Waals surface area contributed by atoms with Gasteiger partial charge in [-0.2, -0.15) is 0 Å². The second-order valence-electron chi connectivity index (χ2n) is 6.86. The van der Waals surface area contributed by atoms with Gasteiger partial charge < -0.3 is 19.1 Å². The zero-order valence-electron chi connectivity index (χ0n) is 16.2. The zero-order valence-corrected chi connectivity index (χ0v) is 19.4. The average Bonchev–Trinajstić information content (AvgIpc) is 3.43. The Morgan fingerprint density at radius 2 is 1.45 bits per heavy atom. The van der Waals surface area contributed by atoms with Crippen molar-refractivity contribution in [2.75, 3.05) is 19.8 Å². The van der Waals surface area contributed by atoms with Crippen LogP contribution < -0.4 is 0 Å². The van der Waals surface area contributed by atoms with Gasteiger partial charge in [0.15, 0.2) is 12.2 Å². The highest BCUT2D eigenvalue weighted by Crippen LogP contribution is 2.18. The van der Waals surface area contributed by atoms with E-state index < -0.39 is 5.97 Å². The molecule has 162 valence electrons. The van der Waals surface area contributed by atoms with Gasteiger partial charge in [-0.05, 0) is 56.1 Å². The van der Waals surface area contributed by atoms with Crippen molar-refractivity contribution in [3.05, 3.63) is 57.0 Å². The molecule has 2 aliphatic rings. The van der Waals surface area contributed by atoms with E-state index >= 15 is 0 Å². The Bertz CT molecular complexity index is 982. The van der Waals surface area contributed by atoms with E-state index in [4.69, 9.17) is 19.1 Å². The van der Waals surface area contributed by atoms with E-state index in [0.717, 1.165) is 31.8 Å². The summed E-state index contributed by atoms with van der Waals surface area (Å²) in [6, 6.07) is 7.48. The highest BCUT2D eigenvalue weighted by Gasteiger charge is 2.26. The number of hydrogen-bond donors (Lipinski definition) is 0. The number of rotatable bonds is 8. The molecule has 0 unspecified atom stereocenters. The SMILES string of the molecule is O=C(COC[C@@H]1CC(c2ccc(Br)cn2)=NO1)OC[C@@H]1CC(c2ccc(Br)cn2)=NO1. The van der Waals surface area contributed by atoms with Gasteiger partial charge in [0.1, 0.15) is 24.6 Å². The summed E-state index contributed by atoms with van der Waals surface area (Å²) in [5, 5.41) is 8.07. The average molecular weight is 554 g/mol. The molecular formula is C20H18Br2N4O5. The van der Waals surface area contributed by atoms with Crippen LogP contribution >= 0.6 is 31.9 Å². The van der Waals surface area contributed by atoms with Gasteiger partial charge in [-0.15, -0.1) is 0 Å². The van der Waals surface area contributed by atoms with Gasteiger partial charge in [0.2, 0.25) is 0 Å². The van der Waals surface area contributed by atoms with Crippen molar-refractivity contribution in [1.82, 2.24) is 9.97 Å². The third kappa shape index (κ3) is 6.08. The molecule has 2 atom stereocenters. The number of oxime groups is 2. The van der Waals surface area contributed by atoms with Crippen molar-refractivity contribution in [2.45, 2.75) is 25.0 Å². The zero-order chi connectivity index (χ0) is 21.6. The van der Waals surface area contributed by atoms with Crippen molar-refractivity contribution < 1.29 is 23.9 Å². The summed E-state index contributed by atoms with van der Waals surface area (Å²) in [5.41, 5.74) is 2.95. The summed E-state index contributed by atoms with van der Waals surface area (Å²) >= 11 is 6.69. The third-order valence-electron chi connectivity index (χ3n) is 4.47. The van der Waals surface area contributed by atoms with E-state index in [-0.39, 0.29) is 32.0 Å². The summed E-state index contributed by atoms with van der Waals surface area (Å²) in [4.78, 5) is 31.2. The molecule has 2 aliphatic heterocycles. The smallest absolute Gasteiger partial charge is 0.332 e. The predicted molar refractivity (Wildman–Crippen MR) is 118 cm³/mol. The number of carbonyl (C=O) groups excluding carboxylic acids is 1. The van der Waals surface area contributed by atoms with Crippen LogP contribution in [0.5, 0.6) is 0 Å². The lowest BCUT2D eigenvalue weighted by atomic mass is 10.1. The summed E-state index contributed by atoms with van der Waals surface area (Å²) < 4.78 is 12.4. The molecule has 0 N–H and O–H groups in total. The molecule has 0 saturated heterocycles. The lowest BCUT2D eigenvalue weighted by Crippen LogP contribution is -2.24.